The summed E-state index contributed by atoms with van der Waals surface area (Å²) in [6.45, 7) is 11.6. The van der Waals surface area contributed by atoms with E-state index in [-0.39, 0.29) is 12.6 Å². The van der Waals surface area contributed by atoms with Crippen LogP contribution in [0.4, 0.5) is 4.79 Å². The highest BCUT2D eigenvalue weighted by molar-refractivity contribution is 5.69. The highest BCUT2D eigenvalue weighted by Crippen LogP contribution is 2.26. The lowest BCUT2D eigenvalue weighted by Gasteiger charge is -2.32. The summed E-state index contributed by atoms with van der Waals surface area (Å²) in [5, 5.41) is 10.5. The fourth-order valence-corrected chi connectivity index (χ4v) is 6.74. The van der Waals surface area contributed by atoms with Crippen molar-refractivity contribution in [1.29, 1.82) is 0 Å². The second kappa shape index (κ2) is 33.9. The molecule has 0 radical (unpaired) electrons. The number of carbonyl (C=O) groups is 1. The van der Waals surface area contributed by atoms with Gasteiger partial charge in [0.15, 0.2) is 6.29 Å². The van der Waals surface area contributed by atoms with Gasteiger partial charge in [0.2, 0.25) is 0 Å². The van der Waals surface area contributed by atoms with Gasteiger partial charge in [0.05, 0.1) is 18.7 Å². The number of amides is 1. The summed E-state index contributed by atoms with van der Waals surface area (Å²) in [6.07, 6.45) is 45.2. The minimum atomic E-state index is -0.599. The zero-order valence-corrected chi connectivity index (χ0v) is 34.9. The third kappa shape index (κ3) is 28.8. The van der Waals surface area contributed by atoms with E-state index in [0.717, 1.165) is 32.1 Å². The lowest BCUT2D eigenvalue weighted by atomic mass is 10.1. The summed E-state index contributed by atoms with van der Waals surface area (Å²) in [5.74, 6) is 0. The first-order valence-corrected chi connectivity index (χ1v) is 22.1. The van der Waals surface area contributed by atoms with Gasteiger partial charge in [-0.25, -0.2) is 4.79 Å². The number of aliphatic hydroxyl groups excluding tert-OH is 1. The maximum Gasteiger partial charge on any atom is 0.410 e. The molecule has 304 valence electrons. The standard InChI is InChI=1S/C46H85NO5/c1-6-8-10-12-14-16-18-20-22-24-26-28-30-32-34-36-38-50-44(43-40-42(48)41-47(43)45(49)52-46(3,4)5)51-39-37-35-33-31-29-27-25-23-21-19-17-15-13-11-9-7-2/h14-17,20,22,42-44,48H,6-13,18-19,21,23-41H2,1-5H3/b16-14-,17-15-,22-20-/t42-,43+,44?/m1/s1. The van der Waals surface area contributed by atoms with Crippen LogP contribution in [-0.2, 0) is 14.2 Å². The van der Waals surface area contributed by atoms with Crippen molar-refractivity contribution in [2.45, 2.75) is 232 Å². The Morgan fingerprint density at radius 3 is 1.42 bits per heavy atom. The van der Waals surface area contributed by atoms with Crippen molar-refractivity contribution in [3.05, 3.63) is 36.5 Å². The second-order valence-electron chi connectivity index (χ2n) is 16.2. The normalized spacial score (nSPS) is 17.4. The predicted molar refractivity (Wildman–Crippen MR) is 222 cm³/mol. The average Bonchev–Trinajstić information content (AvgIpc) is 3.50. The van der Waals surface area contributed by atoms with Crippen LogP contribution in [0, 0.1) is 0 Å². The van der Waals surface area contributed by atoms with Gasteiger partial charge in [-0.3, -0.25) is 4.90 Å². The number of carbonyl (C=O) groups excluding carboxylic acids is 1. The van der Waals surface area contributed by atoms with Crippen LogP contribution >= 0.6 is 0 Å². The monoisotopic (exact) mass is 732 g/mol. The van der Waals surface area contributed by atoms with Crippen molar-refractivity contribution in [3.8, 4) is 0 Å². The van der Waals surface area contributed by atoms with Crippen LogP contribution in [0.2, 0.25) is 0 Å². The third-order valence-corrected chi connectivity index (χ3v) is 9.83. The molecule has 3 atom stereocenters. The molecular formula is C46H85NO5. The number of hydrogen-bond donors (Lipinski definition) is 1. The van der Waals surface area contributed by atoms with Crippen molar-refractivity contribution in [2.24, 2.45) is 0 Å². The van der Waals surface area contributed by atoms with Gasteiger partial charge in [0.25, 0.3) is 0 Å². The summed E-state index contributed by atoms with van der Waals surface area (Å²) in [5.41, 5.74) is -0.599. The van der Waals surface area contributed by atoms with Crippen molar-refractivity contribution in [2.75, 3.05) is 19.8 Å². The third-order valence-electron chi connectivity index (χ3n) is 9.83. The maximum absolute atomic E-state index is 13.1. The minimum absolute atomic E-state index is 0.253. The Morgan fingerprint density at radius 1 is 0.615 bits per heavy atom. The Labute approximate surface area is 322 Å². The highest BCUT2D eigenvalue weighted by Gasteiger charge is 2.42. The average molecular weight is 732 g/mol. The van der Waals surface area contributed by atoms with Crippen molar-refractivity contribution >= 4 is 6.09 Å². The summed E-state index contributed by atoms with van der Waals surface area (Å²) < 4.78 is 18.3. The van der Waals surface area contributed by atoms with Gasteiger partial charge in [-0.2, -0.15) is 0 Å². The van der Waals surface area contributed by atoms with Crippen LogP contribution in [-0.4, -0.2) is 59.9 Å². The number of allylic oxidation sites excluding steroid dienone is 6. The summed E-state index contributed by atoms with van der Waals surface area (Å²) in [7, 11) is 0. The molecule has 1 heterocycles. The SMILES string of the molecule is CCCCC/C=C\C/C=C\CCCCCCCCOC(OCCCCCCCCCCC/C=C\CCCCC)[C@@H]1C[C@@H](O)CN1C(=O)OC(C)(C)C. The number of hydrogen-bond acceptors (Lipinski definition) is 5. The van der Waals surface area contributed by atoms with E-state index in [2.05, 4.69) is 50.3 Å². The zero-order valence-electron chi connectivity index (χ0n) is 34.9. The van der Waals surface area contributed by atoms with Crippen LogP contribution in [0.3, 0.4) is 0 Å². The molecule has 1 rings (SSSR count). The van der Waals surface area contributed by atoms with Gasteiger partial charge in [-0.15, -0.1) is 0 Å². The molecule has 0 aromatic heterocycles. The molecule has 0 saturated carbocycles. The molecule has 0 aromatic rings. The quantitative estimate of drug-likeness (QED) is 0.0405. The maximum atomic E-state index is 13.1. The van der Waals surface area contributed by atoms with E-state index in [0.29, 0.717) is 19.6 Å². The Bertz CT molecular complexity index is 894. The molecule has 1 fully saturated rings. The molecular weight excluding hydrogens is 647 g/mol. The number of β-amino-alcohol motifs (C(OH)–C–C–N with tert-alkyl or cyclic N) is 1. The summed E-state index contributed by atoms with van der Waals surface area (Å²) in [4.78, 5) is 14.7. The summed E-state index contributed by atoms with van der Waals surface area (Å²) >= 11 is 0. The largest absolute Gasteiger partial charge is 0.444 e. The van der Waals surface area contributed by atoms with Crippen molar-refractivity contribution < 1.29 is 24.1 Å². The molecule has 1 aliphatic rings. The molecule has 52 heavy (non-hydrogen) atoms. The van der Waals surface area contributed by atoms with Crippen LogP contribution in [0.5, 0.6) is 0 Å². The van der Waals surface area contributed by atoms with Crippen LogP contribution in [0.1, 0.15) is 208 Å². The van der Waals surface area contributed by atoms with E-state index >= 15 is 0 Å². The van der Waals surface area contributed by atoms with Gasteiger partial charge in [-0.1, -0.05) is 147 Å². The lowest BCUT2D eigenvalue weighted by molar-refractivity contribution is -0.173. The fraction of sp³-hybridized carbons (Fsp3) is 0.848. The second-order valence-corrected chi connectivity index (χ2v) is 16.2. The van der Waals surface area contributed by atoms with E-state index in [1.165, 1.54) is 135 Å². The molecule has 1 N–H and O–H groups in total. The molecule has 0 aromatic carbocycles. The first-order valence-electron chi connectivity index (χ1n) is 22.1. The number of aliphatic hydroxyl groups is 1. The molecule has 1 unspecified atom stereocenters. The molecule has 6 nitrogen and oxygen atoms in total. The van der Waals surface area contributed by atoms with E-state index in [1.807, 2.05) is 20.8 Å². The Hall–Kier alpha value is -1.63. The first kappa shape index (κ1) is 48.4. The zero-order chi connectivity index (χ0) is 38.0. The Morgan fingerprint density at radius 2 is 1.00 bits per heavy atom. The van der Waals surface area contributed by atoms with Crippen molar-refractivity contribution in [1.82, 2.24) is 4.90 Å². The van der Waals surface area contributed by atoms with Crippen molar-refractivity contribution in [3.63, 3.8) is 0 Å². The van der Waals surface area contributed by atoms with Gasteiger partial charge in [0.1, 0.15) is 5.60 Å². The van der Waals surface area contributed by atoms with Gasteiger partial charge < -0.3 is 19.3 Å². The predicted octanol–water partition coefficient (Wildman–Crippen LogP) is 13.6. The first-order chi connectivity index (χ1) is 25.3. The minimum Gasteiger partial charge on any atom is -0.444 e. The number of ether oxygens (including phenoxy) is 3. The molecule has 0 aliphatic carbocycles. The van der Waals surface area contributed by atoms with E-state index in [4.69, 9.17) is 14.2 Å². The summed E-state index contributed by atoms with van der Waals surface area (Å²) in [6, 6.07) is -0.342. The van der Waals surface area contributed by atoms with E-state index < -0.39 is 24.1 Å². The Kier molecular flexibility index (Phi) is 31.5. The Balaban J connectivity index is 2.31. The number of likely N-dealkylation sites (tertiary alicyclic amines) is 1. The van der Waals surface area contributed by atoms with Gasteiger partial charge >= 0.3 is 6.09 Å². The van der Waals surface area contributed by atoms with E-state index in [9.17, 15) is 9.90 Å². The topological polar surface area (TPSA) is 68.2 Å². The van der Waals surface area contributed by atoms with Crippen LogP contribution in [0.25, 0.3) is 0 Å². The van der Waals surface area contributed by atoms with Crippen LogP contribution < -0.4 is 0 Å². The van der Waals surface area contributed by atoms with Crippen LogP contribution in [0.15, 0.2) is 36.5 Å². The van der Waals surface area contributed by atoms with E-state index in [1.54, 1.807) is 4.90 Å². The molecule has 1 saturated heterocycles. The number of nitrogens with zero attached hydrogens (tertiary/aromatic N) is 1. The molecule has 1 amide bonds. The molecule has 0 bridgehead atoms. The fourth-order valence-electron chi connectivity index (χ4n) is 6.74. The number of unbranched alkanes of at least 4 members (excludes halogenated alkanes) is 21. The van der Waals surface area contributed by atoms with Gasteiger partial charge in [0, 0.05) is 19.6 Å². The molecule has 0 spiro atoms. The van der Waals surface area contributed by atoms with Gasteiger partial charge in [-0.05, 0) is 91.4 Å². The lowest BCUT2D eigenvalue weighted by Crippen LogP contribution is -2.47. The molecule has 6 heteroatoms. The highest BCUT2D eigenvalue weighted by atomic mass is 16.7. The number of rotatable bonds is 34. The smallest absolute Gasteiger partial charge is 0.410 e. The molecule has 1 aliphatic heterocycles.